The van der Waals surface area contributed by atoms with E-state index in [0.717, 1.165) is 24.6 Å². The molecule has 0 N–H and O–H groups in total. The molecule has 1 aromatic carbocycles. The van der Waals surface area contributed by atoms with Crippen molar-refractivity contribution in [3.05, 3.63) is 29.6 Å². The molecule has 0 aliphatic carbocycles. The average Bonchev–Trinajstić information content (AvgIpc) is 2.30. The third kappa shape index (κ3) is 2.31. The van der Waals surface area contributed by atoms with E-state index in [9.17, 15) is 9.18 Å². The smallest absolute Gasteiger partial charge is 0.150 e. The van der Waals surface area contributed by atoms with Crippen molar-refractivity contribution in [3.63, 3.8) is 0 Å². The van der Waals surface area contributed by atoms with E-state index in [1.54, 1.807) is 12.1 Å². The van der Waals surface area contributed by atoms with E-state index in [1.807, 2.05) is 16.7 Å². The van der Waals surface area contributed by atoms with Crippen LogP contribution in [0, 0.1) is 5.82 Å². The molecule has 0 radical (unpaired) electrons. The number of anilines is 1. The minimum Gasteiger partial charge on any atom is -0.368 e. The second-order valence-electron chi connectivity index (χ2n) is 3.43. The summed E-state index contributed by atoms with van der Waals surface area (Å²) in [4.78, 5) is 12.5. The Kier molecular flexibility index (Phi) is 3.26. The predicted molar refractivity (Wildman–Crippen MR) is 61.3 cm³/mol. The molecule has 2 rings (SSSR count). The summed E-state index contributed by atoms with van der Waals surface area (Å²) < 4.78 is 13.6. The van der Waals surface area contributed by atoms with E-state index in [-0.39, 0.29) is 5.82 Å². The van der Waals surface area contributed by atoms with Crippen LogP contribution in [0.25, 0.3) is 0 Å². The van der Waals surface area contributed by atoms with E-state index < -0.39 is 0 Å². The first-order valence-electron chi connectivity index (χ1n) is 4.88. The van der Waals surface area contributed by atoms with Gasteiger partial charge < -0.3 is 4.90 Å². The first-order chi connectivity index (χ1) is 7.31. The maximum Gasteiger partial charge on any atom is 0.150 e. The Bertz CT molecular complexity index is 364. The van der Waals surface area contributed by atoms with Crippen molar-refractivity contribution in [1.82, 2.24) is 0 Å². The standard InChI is InChI=1S/C11H12FNOS/c12-10-7-9(8-14)1-2-11(10)13-3-5-15-6-4-13/h1-2,7-8H,3-6H2. The van der Waals surface area contributed by atoms with Crippen LogP contribution in [0.3, 0.4) is 0 Å². The molecule has 0 bridgehead atoms. The maximum atomic E-state index is 13.6. The fourth-order valence-electron chi connectivity index (χ4n) is 1.66. The van der Waals surface area contributed by atoms with Crippen LogP contribution >= 0.6 is 11.8 Å². The molecule has 0 amide bonds. The van der Waals surface area contributed by atoms with Crippen molar-refractivity contribution < 1.29 is 9.18 Å². The molecular weight excluding hydrogens is 213 g/mol. The summed E-state index contributed by atoms with van der Waals surface area (Å²) >= 11 is 1.89. The van der Waals surface area contributed by atoms with Crippen LogP contribution in [0.15, 0.2) is 18.2 Å². The summed E-state index contributed by atoms with van der Waals surface area (Å²) in [5.41, 5.74) is 1.00. The van der Waals surface area contributed by atoms with Crippen LogP contribution in [0.1, 0.15) is 10.4 Å². The summed E-state index contributed by atoms with van der Waals surface area (Å²) in [6.07, 6.45) is 0.666. The largest absolute Gasteiger partial charge is 0.368 e. The first-order valence-corrected chi connectivity index (χ1v) is 6.04. The molecule has 1 aromatic rings. The van der Waals surface area contributed by atoms with Gasteiger partial charge in [0.05, 0.1) is 5.69 Å². The highest BCUT2D eigenvalue weighted by Gasteiger charge is 2.14. The molecule has 4 heteroatoms. The van der Waals surface area contributed by atoms with Crippen molar-refractivity contribution in [1.29, 1.82) is 0 Å². The molecule has 1 heterocycles. The molecule has 1 aliphatic heterocycles. The Morgan fingerprint density at radius 2 is 2.07 bits per heavy atom. The van der Waals surface area contributed by atoms with Gasteiger partial charge in [0.2, 0.25) is 0 Å². The summed E-state index contributed by atoms with van der Waals surface area (Å²) in [6, 6.07) is 4.65. The molecule has 0 atom stereocenters. The minimum atomic E-state index is -0.300. The zero-order valence-electron chi connectivity index (χ0n) is 8.28. The third-order valence-corrected chi connectivity index (χ3v) is 3.40. The van der Waals surface area contributed by atoms with E-state index in [1.165, 1.54) is 6.07 Å². The SMILES string of the molecule is O=Cc1ccc(N2CCSCC2)c(F)c1. The molecule has 1 fully saturated rings. The van der Waals surface area contributed by atoms with Gasteiger partial charge in [-0.15, -0.1) is 0 Å². The number of carbonyl (C=O) groups excluding carboxylic acids is 1. The summed E-state index contributed by atoms with van der Waals surface area (Å²) in [6.45, 7) is 1.75. The van der Waals surface area contributed by atoms with Gasteiger partial charge in [0.25, 0.3) is 0 Å². The van der Waals surface area contributed by atoms with E-state index in [2.05, 4.69) is 0 Å². The number of benzene rings is 1. The Balaban J connectivity index is 2.23. The molecule has 0 spiro atoms. The van der Waals surface area contributed by atoms with E-state index in [4.69, 9.17) is 0 Å². The van der Waals surface area contributed by atoms with Crippen molar-refractivity contribution in [3.8, 4) is 0 Å². The third-order valence-electron chi connectivity index (χ3n) is 2.46. The second-order valence-corrected chi connectivity index (χ2v) is 4.65. The Morgan fingerprint density at radius 1 is 1.33 bits per heavy atom. The van der Waals surface area contributed by atoms with Crippen LogP contribution in [-0.2, 0) is 0 Å². The monoisotopic (exact) mass is 225 g/mol. The number of aldehydes is 1. The van der Waals surface area contributed by atoms with E-state index >= 15 is 0 Å². The molecule has 1 aliphatic rings. The van der Waals surface area contributed by atoms with Crippen molar-refractivity contribution >= 4 is 23.7 Å². The lowest BCUT2D eigenvalue weighted by Crippen LogP contribution is -2.33. The molecular formula is C11H12FNOS. The lowest BCUT2D eigenvalue weighted by atomic mass is 10.2. The molecule has 0 saturated carbocycles. The Hall–Kier alpha value is -1.03. The van der Waals surface area contributed by atoms with Gasteiger partial charge in [-0.05, 0) is 18.2 Å². The van der Waals surface area contributed by atoms with Gasteiger partial charge in [0, 0.05) is 30.2 Å². The number of thioether (sulfide) groups is 1. The Morgan fingerprint density at radius 3 is 2.67 bits per heavy atom. The zero-order valence-corrected chi connectivity index (χ0v) is 9.10. The first kappa shape index (κ1) is 10.5. The van der Waals surface area contributed by atoms with Gasteiger partial charge in [-0.25, -0.2) is 4.39 Å². The highest BCUT2D eigenvalue weighted by atomic mass is 32.2. The van der Waals surface area contributed by atoms with Crippen LogP contribution in [0.4, 0.5) is 10.1 Å². The van der Waals surface area contributed by atoms with E-state index in [0.29, 0.717) is 17.5 Å². The highest BCUT2D eigenvalue weighted by molar-refractivity contribution is 7.99. The fourth-order valence-corrected chi connectivity index (χ4v) is 2.56. The molecule has 0 unspecified atom stereocenters. The van der Waals surface area contributed by atoms with Gasteiger partial charge in [-0.1, -0.05) is 0 Å². The number of hydrogen-bond acceptors (Lipinski definition) is 3. The van der Waals surface area contributed by atoms with Gasteiger partial charge in [-0.2, -0.15) is 11.8 Å². The normalized spacial score (nSPS) is 16.5. The van der Waals surface area contributed by atoms with Crippen LogP contribution in [0.5, 0.6) is 0 Å². The maximum absolute atomic E-state index is 13.6. The minimum absolute atomic E-state index is 0.300. The van der Waals surface area contributed by atoms with Gasteiger partial charge in [0.15, 0.2) is 0 Å². The van der Waals surface area contributed by atoms with Crippen LogP contribution < -0.4 is 4.90 Å². The predicted octanol–water partition coefficient (Wildman–Crippen LogP) is 2.19. The molecule has 15 heavy (non-hydrogen) atoms. The van der Waals surface area contributed by atoms with Gasteiger partial charge >= 0.3 is 0 Å². The van der Waals surface area contributed by atoms with Crippen LogP contribution in [-0.4, -0.2) is 30.9 Å². The summed E-state index contributed by atoms with van der Waals surface area (Å²) in [5, 5.41) is 0. The average molecular weight is 225 g/mol. The number of nitrogens with zero attached hydrogens (tertiary/aromatic N) is 1. The molecule has 80 valence electrons. The quantitative estimate of drug-likeness (QED) is 0.720. The second kappa shape index (κ2) is 4.66. The molecule has 1 saturated heterocycles. The fraction of sp³-hybridized carbons (Fsp3) is 0.364. The number of rotatable bonds is 2. The Labute approximate surface area is 92.5 Å². The van der Waals surface area contributed by atoms with Crippen molar-refractivity contribution in [2.75, 3.05) is 29.5 Å². The van der Waals surface area contributed by atoms with Gasteiger partial charge in [0.1, 0.15) is 12.1 Å². The van der Waals surface area contributed by atoms with Crippen molar-refractivity contribution in [2.24, 2.45) is 0 Å². The summed E-state index contributed by atoms with van der Waals surface area (Å²) in [7, 11) is 0. The lowest BCUT2D eigenvalue weighted by Gasteiger charge is -2.28. The number of carbonyl (C=O) groups is 1. The highest BCUT2D eigenvalue weighted by Crippen LogP contribution is 2.23. The number of halogens is 1. The summed E-state index contributed by atoms with van der Waals surface area (Å²) in [5.74, 6) is 1.77. The van der Waals surface area contributed by atoms with Crippen molar-refractivity contribution in [2.45, 2.75) is 0 Å². The lowest BCUT2D eigenvalue weighted by molar-refractivity contribution is 0.112. The molecule has 2 nitrogen and oxygen atoms in total. The topological polar surface area (TPSA) is 20.3 Å². The zero-order chi connectivity index (χ0) is 10.7. The van der Waals surface area contributed by atoms with Crippen LogP contribution in [0.2, 0.25) is 0 Å². The van der Waals surface area contributed by atoms with Gasteiger partial charge in [-0.3, -0.25) is 4.79 Å². The molecule has 0 aromatic heterocycles. The number of hydrogen-bond donors (Lipinski definition) is 0.